The van der Waals surface area contributed by atoms with Gasteiger partial charge in [-0.05, 0) is 60.7 Å². The van der Waals surface area contributed by atoms with Gasteiger partial charge in [0.05, 0.1) is 12.8 Å². The van der Waals surface area contributed by atoms with Gasteiger partial charge in [0.25, 0.3) is 5.91 Å². The number of hydrogen-bond acceptors (Lipinski definition) is 5. The van der Waals surface area contributed by atoms with E-state index in [-0.39, 0.29) is 19.1 Å². The number of rotatable bonds is 8. The Morgan fingerprint density at radius 2 is 1.84 bits per heavy atom. The molecule has 0 radical (unpaired) electrons. The van der Waals surface area contributed by atoms with Crippen molar-refractivity contribution in [3.63, 3.8) is 0 Å². The van der Waals surface area contributed by atoms with Crippen LogP contribution in [0.25, 0.3) is 10.8 Å². The monoisotopic (exact) mass is 419 g/mol. The summed E-state index contributed by atoms with van der Waals surface area (Å²) >= 11 is 0. The molecule has 6 nitrogen and oxygen atoms in total. The normalized spacial score (nSPS) is 13.5. The topological polar surface area (TPSA) is 69.0 Å². The van der Waals surface area contributed by atoms with Gasteiger partial charge < -0.3 is 18.8 Å². The molecule has 0 atom stereocenters. The lowest BCUT2D eigenvalue weighted by atomic mass is 10.0. The lowest BCUT2D eigenvalue weighted by molar-refractivity contribution is -0.153. The van der Waals surface area contributed by atoms with Crippen LogP contribution in [0.1, 0.15) is 31.4 Å². The van der Waals surface area contributed by atoms with Crippen molar-refractivity contribution in [2.45, 2.75) is 32.2 Å². The molecule has 6 heteroatoms. The van der Waals surface area contributed by atoms with E-state index in [1.54, 1.807) is 23.3 Å². The molecule has 1 heterocycles. The van der Waals surface area contributed by atoms with Crippen LogP contribution < -0.4 is 4.74 Å². The summed E-state index contributed by atoms with van der Waals surface area (Å²) in [6.45, 7) is -0.271. The third-order valence-electron chi connectivity index (χ3n) is 5.24. The van der Waals surface area contributed by atoms with Gasteiger partial charge in [-0.2, -0.15) is 0 Å². The smallest absolute Gasteiger partial charge is 0.344 e. The van der Waals surface area contributed by atoms with Gasteiger partial charge in [0.2, 0.25) is 0 Å². The summed E-state index contributed by atoms with van der Waals surface area (Å²) < 4.78 is 16.1. The van der Waals surface area contributed by atoms with E-state index in [0.29, 0.717) is 18.1 Å². The Morgan fingerprint density at radius 1 is 0.968 bits per heavy atom. The summed E-state index contributed by atoms with van der Waals surface area (Å²) in [6.07, 6.45) is 7.58. The standard InChI is InChI=1S/C25H25NO5/c27-24(26(16-23-11-6-14-29-23)21-9-2-1-3-10-21)17-31-25(28)18-30-22-13-12-19-7-4-5-8-20(19)15-22/h4-9,11-15H,1-3,10,16-18H2. The molecular formula is C25H25NO5. The minimum Gasteiger partial charge on any atom is -0.482 e. The van der Waals surface area contributed by atoms with Crippen LogP contribution in [-0.4, -0.2) is 30.0 Å². The number of hydrogen-bond donors (Lipinski definition) is 0. The number of carbonyl (C=O) groups excluding carboxylic acids is 2. The molecular weight excluding hydrogens is 394 g/mol. The maximum atomic E-state index is 12.8. The van der Waals surface area contributed by atoms with E-state index in [1.165, 1.54) is 0 Å². The lowest BCUT2D eigenvalue weighted by Crippen LogP contribution is -2.34. The van der Waals surface area contributed by atoms with Crippen molar-refractivity contribution >= 4 is 22.6 Å². The first-order valence-electron chi connectivity index (χ1n) is 10.5. The lowest BCUT2D eigenvalue weighted by Gasteiger charge is -2.26. The van der Waals surface area contributed by atoms with Crippen LogP contribution in [0, 0.1) is 0 Å². The van der Waals surface area contributed by atoms with Gasteiger partial charge in [-0.25, -0.2) is 4.79 Å². The molecule has 0 unspecified atom stereocenters. The number of fused-ring (bicyclic) bond motifs is 1. The second-order valence-corrected chi connectivity index (χ2v) is 7.46. The van der Waals surface area contributed by atoms with Crippen LogP contribution in [-0.2, 0) is 20.9 Å². The van der Waals surface area contributed by atoms with Crippen molar-refractivity contribution in [3.8, 4) is 5.75 Å². The van der Waals surface area contributed by atoms with Crippen molar-refractivity contribution in [3.05, 3.63) is 78.4 Å². The van der Waals surface area contributed by atoms with E-state index >= 15 is 0 Å². The molecule has 1 aliphatic carbocycles. The van der Waals surface area contributed by atoms with Crippen LogP contribution >= 0.6 is 0 Å². The van der Waals surface area contributed by atoms with Crippen LogP contribution in [0.3, 0.4) is 0 Å². The summed E-state index contributed by atoms with van der Waals surface area (Å²) in [5.41, 5.74) is 0.955. The summed E-state index contributed by atoms with van der Waals surface area (Å²) in [5.74, 6) is 0.403. The zero-order chi connectivity index (χ0) is 21.5. The Kier molecular flexibility index (Phi) is 6.67. The molecule has 0 aliphatic heterocycles. The fraction of sp³-hybridized carbons (Fsp3) is 0.280. The molecule has 4 rings (SSSR count). The molecule has 3 aromatic rings. The molecule has 31 heavy (non-hydrogen) atoms. The summed E-state index contributed by atoms with van der Waals surface area (Å²) in [7, 11) is 0. The first-order valence-corrected chi connectivity index (χ1v) is 10.5. The minimum atomic E-state index is -0.586. The number of carbonyl (C=O) groups is 2. The van der Waals surface area contributed by atoms with Crippen molar-refractivity contribution < 1.29 is 23.5 Å². The number of nitrogens with zero attached hydrogens (tertiary/aromatic N) is 1. The Bertz CT molecular complexity index is 1070. The Morgan fingerprint density at radius 3 is 2.61 bits per heavy atom. The van der Waals surface area contributed by atoms with Gasteiger partial charge in [-0.3, -0.25) is 4.79 Å². The predicted molar refractivity (Wildman–Crippen MR) is 116 cm³/mol. The average molecular weight is 419 g/mol. The van der Waals surface area contributed by atoms with E-state index < -0.39 is 5.97 Å². The van der Waals surface area contributed by atoms with Gasteiger partial charge in [0.1, 0.15) is 11.5 Å². The van der Waals surface area contributed by atoms with Gasteiger partial charge in [0.15, 0.2) is 13.2 Å². The zero-order valence-corrected chi connectivity index (χ0v) is 17.3. The molecule has 1 aliphatic rings. The fourth-order valence-electron chi connectivity index (χ4n) is 3.64. The van der Waals surface area contributed by atoms with Crippen LogP contribution in [0.2, 0.25) is 0 Å². The minimum absolute atomic E-state index is 0.257. The van der Waals surface area contributed by atoms with E-state index in [2.05, 4.69) is 6.08 Å². The molecule has 2 aromatic carbocycles. The van der Waals surface area contributed by atoms with Crippen molar-refractivity contribution in [1.82, 2.24) is 4.90 Å². The van der Waals surface area contributed by atoms with E-state index in [0.717, 1.165) is 42.2 Å². The molecule has 0 N–H and O–H groups in total. The number of allylic oxidation sites excluding steroid dienone is 2. The van der Waals surface area contributed by atoms with E-state index in [1.807, 2.05) is 42.5 Å². The molecule has 0 fully saturated rings. The molecule has 0 bridgehead atoms. The van der Waals surface area contributed by atoms with Gasteiger partial charge >= 0.3 is 5.97 Å². The highest BCUT2D eigenvalue weighted by Crippen LogP contribution is 2.23. The second kappa shape index (κ2) is 9.98. The maximum Gasteiger partial charge on any atom is 0.344 e. The second-order valence-electron chi connectivity index (χ2n) is 7.46. The highest BCUT2D eigenvalue weighted by molar-refractivity contribution is 5.84. The van der Waals surface area contributed by atoms with Crippen LogP contribution in [0.4, 0.5) is 0 Å². The van der Waals surface area contributed by atoms with Crippen LogP contribution in [0.15, 0.2) is 77.1 Å². The third-order valence-corrected chi connectivity index (χ3v) is 5.24. The van der Waals surface area contributed by atoms with Crippen LogP contribution in [0.5, 0.6) is 5.75 Å². The Labute approximate surface area is 181 Å². The molecule has 160 valence electrons. The first-order chi connectivity index (χ1) is 15.2. The Hall–Kier alpha value is -3.54. The Balaban J connectivity index is 1.31. The van der Waals surface area contributed by atoms with Crippen molar-refractivity contribution in [2.75, 3.05) is 13.2 Å². The summed E-state index contributed by atoms with van der Waals surface area (Å²) in [5, 5.41) is 2.12. The highest BCUT2D eigenvalue weighted by Gasteiger charge is 2.22. The number of esters is 1. The number of amides is 1. The largest absolute Gasteiger partial charge is 0.482 e. The summed E-state index contributed by atoms with van der Waals surface area (Å²) in [4.78, 5) is 26.6. The molecule has 0 spiro atoms. The van der Waals surface area contributed by atoms with Crippen molar-refractivity contribution in [1.29, 1.82) is 0 Å². The number of furan rings is 1. The predicted octanol–water partition coefficient (Wildman–Crippen LogP) is 4.84. The van der Waals surface area contributed by atoms with Gasteiger partial charge in [0, 0.05) is 5.70 Å². The molecule has 1 aromatic heterocycles. The molecule has 0 saturated heterocycles. The quantitative estimate of drug-likeness (QED) is 0.489. The highest BCUT2D eigenvalue weighted by atomic mass is 16.6. The van der Waals surface area contributed by atoms with E-state index in [9.17, 15) is 9.59 Å². The van der Waals surface area contributed by atoms with Gasteiger partial charge in [-0.1, -0.05) is 36.4 Å². The molecule has 1 amide bonds. The zero-order valence-electron chi connectivity index (χ0n) is 17.3. The number of ether oxygens (including phenoxy) is 2. The third kappa shape index (κ3) is 5.54. The SMILES string of the molecule is O=C(COc1ccc2ccccc2c1)OCC(=O)N(Cc1ccco1)C1=CCCCC1. The maximum absolute atomic E-state index is 12.8. The fourth-order valence-corrected chi connectivity index (χ4v) is 3.64. The first kappa shape index (κ1) is 20.7. The molecule has 0 saturated carbocycles. The van der Waals surface area contributed by atoms with Gasteiger partial charge in [-0.15, -0.1) is 0 Å². The summed E-state index contributed by atoms with van der Waals surface area (Å²) in [6, 6.07) is 17.1. The average Bonchev–Trinajstić information content (AvgIpc) is 3.33. The van der Waals surface area contributed by atoms with Crippen molar-refractivity contribution in [2.24, 2.45) is 0 Å². The number of benzene rings is 2. The van der Waals surface area contributed by atoms with E-state index in [4.69, 9.17) is 13.9 Å².